The summed E-state index contributed by atoms with van der Waals surface area (Å²) in [4.78, 5) is 10.2. The summed E-state index contributed by atoms with van der Waals surface area (Å²) in [5, 5.41) is 0. The molecule has 0 bridgehead atoms. The van der Waals surface area contributed by atoms with Crippen molar-refractivity contribution in [2.24, 2.45) is 0 Å². The van der Waals surface area contributed by atoms with Gasteiger partial charge in [-0.25, -0.2) is 0 Å². The first-order valence-corrected chi connectivity index (χ1v) is 2.09. The molecule has 0 saturated carbocycles. The SMILES string of the molecule is O=C1C=CCC1.[SnH4]. The van der Waals surface area contributed by atoms with Crippen LogP contribution in [0.3, 0.4) is 0 Å². The molecule has 1 rings (SSSR count). The van der Waals surface area contributed by atoms with Crippen LogP contribution in [0.1, 0.15) is 12.8 Å². The molecule has 1 aliphatic carbocycles. The van der Waals surface area contributed by atoms with Crippen molar-refractivity contribution in [1.29, 1.82) is 0 Å². The average molecular weight is 205 g/mol. The number of allylic oxidation sites excluding steroid dienone is 2. The molecule has 0 aliphatic heterocycles. The first-order valence-electron chi connectivity index (χ1n) is 2.09. The predicted molar refractivity (Wildman–Crippen MR) is 34.7 cm³/mol. The summed E-state index contributed by atoms with van der Waals surface area (Å²) >= 11 is 0. The molecular formula is C5H10OSn. The molecule has 0 amide bonds. The Morgan fingerprint density at radius 1 is 1.57 bits per heavy atom. The third-order valence-electron chi connectivity index (χ3n) is 0.861. The van der Waals surface area contributed by atoms with E-state index in [2.05, 4.69) is 0 Å². The van der Waals surface area contributed by atoms with E-state index < -0.39 is 0 Å². The Bertz CT molecular complexity index is 96.3. The number of hydrogen-bond donors (Lipinski definition) is 0. The summed E-state index contributed by atoms with van der Waals surface area (Å²) in [5.74, 6) is 0.273. The molecule has 0 spiro atoms. The van der Waals surface area contributed by atoms with Gasteiger partial charge >= 0.3 is 23.9 Å². The molecule has 1 nitrogen and oxygen atoms in total. The van der Waals surface area contributed by atoms with Gasteiger partial charge in [-0.05, 0) is 12.5 Å². The fraction of sp³-hybridized carbons (Fsp3) is 0.400. The molecule has 0 aromatic carbocycles. The van der Waals surface area contributed by atoms with E-state index in [1.165, 1.54) is 0 Å². The van der Waals surface area contributed by atoms with Crippen LogP contribution >= 0.6 is 0 Å². The van der Waals surface area contributed by atoms with Gasteiger partial charge in [0.25, 0.3) is 0 Å². The molecule has 40 valence electrons. The Morgan fingerprint density at radius 2 is 2.29 bits per heavy atom. The van der Waals surface area contributed by atoms with Crippen molar-refractivity contribution in [2.45, 2.75) is 12.8 Å². The summed E-state index contributed by atoms with van der Waals surface area (Å²) in [6.07, 6.45) is 5.24. The van der Waals surface area contributed by atoms with Gasteiger partial charge in [0, 0.05) is 6.42 Å². The Kier molecular flexibility index (Phi) is 3.34. The Hall–Kier alpha value is 0.209. The van der Waals surface area contributed by atoms with Gasteiger partial charge in [0.05, 0.1) is 0 Å². The molecule has 0 heterocycles. The molecule has 0 atom stereocenters. The van der Waals surface area contributed by atoms with E-state index in [0.717, 1.165) is 12.8 Å². The van der Waals surface area contributed by atoms with E-state index in [1.54, 1.807) is 6.08 Å². The van der Waals surface area contributed by atoms with E-state index in [9.17, 15) is 4.79 Å². The second-order valence-electron chi connectivity index (χ2n) is 1.41. The van der Waals surface area contributed by atoms with E-state index >= 15 is 0 Å². The van der Waals surface area contributed by atoms with Gasteiger partial charge in [-0.1, -0.05) is 6.08 Å². The van der Waals surface area contributed by atoms with Crippen LogP contribution in [0, 0.1) is 0 Å². The maximum absolute atomic E-state index is 10.2. The number of rotatable bonds is 0. The molecule has 0 fully saturated rings. The van der Waals surface area contributed by atoms with Crippen molar-refractivity contribution in [3.8, 4) is 0 Å². The molecular weight excluding hydrogens is 195 g/mol. The number of hydrogen-bond acceptors (Lipinski definition) is 1. The van der Waals surface area contributed by atoms with Gasteiger partial charge in [0.1, 0.15) is 0 Å². The van der Waals surface area contributed by atoms with Crippen LogP contribution in [0.25, 0.3) is 0 Å². The van der Waals surface area contributed by atoms with Crippen LogP contribution in [-0.2, 0) is 4.79 Å². The summed E-state index contributed by atoms with van der Waals surface area (Å²) in [6.45, 7) is 0. The zero-order chi connectivity index (χ0) is 4.41. The van der Waals surface area contributed by atoms with Crippen LogP contribution in [0.4, 0.5) is 0 Å². The predicted octanol–water partition coefficient (Wildman–Crippen LogP) is -0.546. The quantitative estimate of drug-likeness (QED) is 0.485. The second-order valence-corrected chi connectivity index (χ2v) is 1.41. The molecule has 1 aliphatic rings. The molecule has 0 aromatic rings. The standard InChI is InChI=1S/C5H6O.Sn.4H/c6-5-3-1-2-4-5;;;;;/h1,3H,2,4H2;;;;;. The van der Waals surface area contributed by atoms with Gasteiger partial charge in [-0.3, -0.25) is 4.79 Å². The molecule has 0 saturated heterocycles. The van der Waals surface area contributed by atoms with Crippen molar-refractivity contribution in [3.63, 3.8) is 0 Å². The van der Waals surface area contributed by atoms with Crippen molar-refractivity contribution in [2.75, 3.05) is 0 Å². The third kappa shape index (κ3) is 2.12. The minimum absolute atomic E-state index is 0. The van der Waals surface area contributed by atoms with Gasteiger partial charge in [-0.2, -0.15) is 0 Å². The topological polar surface area (TPSA) is 17.1 Å². The Balaban J connectivity index is 0.000000360. The molecule has 0 aromatic heterocycles. The van der Waals surface area contributed by atoms with E-state index in [1.807, 2.05) is 6.08 Å². The molecule has 0 unspecified atom stereocenters. The zero-order valence-electron chi connectivity index (χ0n) is 3.48. The van der Waals surface area contributed by atoms with Crippen LogP contribution in [0.2, 0.25) is 0 Å². The van der Waals surface area contributed by atoms with Gasteiger partial charge < -0.3 is 0 Å². The monoisotopic (exact) mass is 206 g/mol. The van der Waals surface area contributed by atoms with Crippen molar-refractivity contribution >= 4 is 29.7 Å². The first-order chi connectivity index (χ1) is 2.89. The summed E-state index contributed by atoms with van der Waals surface area (Å²) in [7, 11) is 0. The van der Waals surface area contributed by atoms with Crippen LogP contribution in [0.5, 0.6) is 0 Å². The average Bonchev–Trinajstić information content (AvgIpc) is 1.86. The second kappa shape index (κ2) is 3.24. The molecule has 7 heavy (non-hydrogen) atoms. The summed E-state index contributed by atoms with van der Waals surface area (Å²) < 4.78 is 0. The molecule has 0 radical (unpaired) electrons. The van der Waals surface area contributed by atoms with Crippen LogP contribution in [0.15, 0.2) is 12.2 Å². The number of ketones is 1. The fourth-order valence-corrected chi connectivity index (χ4v) is 0.524. The van der Waals surface area contributed by atoms with Crippen molar-refractivity contribution in [3.05, 3.63) is 12.2 Å². The van der Waals surface area contributed by atoms with Crippen LogP contribution in [-0.4, -0.2) is 29.7 Å². The molecule has 0 N–H and O–H groups in total. The van der Waals surface area contributed by atoms with E-state index in [0.29, 0.717) is 0 Å². The number of carbonyl (C=O) groups is 1. The van der Waals surface area contributed by atoms with E-state index in [4.69, 9.17) is 0 Å². The minimum atomic E-state index is 0. The fourth-order valence-electron chi connectivity index (χ4n) is 0.524. The van der Waals surface area contributed by atoms with E-state index in [-0.39, 0.29) is 29.7 Å². The zero-order valence-corrected chi connectivity index (χ0v) is 3.48. The van der Waals surface area contributed by atoms with Gasteiger partial charge in [0.2, 0.25) is 0 Å². The van der Waals surface area contributed by atoms with Crippen molar-refractivity contribution < 1.29 is 4.79 Å². The normalized spacial score (nSPS) is 16.9. The Labute approximate surface area is 59.7 Å². The third-order valence-corrected chi connectivity index (χ3v) is 0.861. The molecule has 2 heteroatoms. The summed E-state index contributed by atoms with van der Waals surface area (Å²) in [5.41, 5.74) is 0. The van der Waals surface area contributed by atoms with Gasteiger partial charge in [-0.15, -0.1) is 0 Å². The van der Waals surface area contributed by atoms with Crippen molar-refractivity contribution in [1.82, 2.24) is 0 Å². The first kappa shape index (κ1) is 7.21. The maximum atomic E-state index is 10.2. The van der Waals surface area contributed by atoms with Crippen LogP contribution < -0.4 is 0 Å². The van der Waals surface area contributed by atoms with Gasteiger partial charge in [0.15, 0.2) is 5.78 Å². The Morgan fingerprint density at radius 3 is 2.43 bits per heavy atom. The number of carbonyl (C=O) groups excluding carboxylic acids is 1. The summed E-state index contributed by atoms with van der Waals surface area (Å²) in [6, 6.07) is 0.